The van der Waals surface area contributed by atoms with Crippen LogP contribution in [0.5, 0.6) is 0 Å². The summed E-state index contributed by atoms with van der Waals surface area (Å²) in [5, 5.41) is 9.46. The van der Waals surface area contributed by atoms with Crippen molar-refractivity contribution >= 4 is 27.2 Å². The molecule has 1 aliphatic carbocycles. The van der Waals surface area contributed by atoms with Gasteiger partial charge in [-0.25, -0.2) is 0 Å². The smallest absolute Gasteiger partial charge is 0.0566 e. The van der Waals surface area contributed by atoms with Crippen molar-refractivity contribution in [2.24, 2.45) is 5.92 Å². The van der Waals surface area contributed by atoms with E-state index in [1.165, 1.54) is 49.5 Å². The van der Waals surface area contributed by atoms with Gasteiger partial charge in [-0.15, -0.1) is 0 Å². The lowest BCUT2D eigenvalue weighted by atomic mass is 9.73. The van der Waals surface area contributed by atoms with Crippen LogP contribution >= 0.6 is 0 Å². The monoisotopic (exact) mass is 375 g/mol. The number of benzene rings is 4. The predicted octanol–water partition coefficient (Wildman–Crippen LogP) is 7.44. The molecule has 1 N–H and O–H groups in total. The van der Waals surface area contributed by atoms with Crippen molar-refractivity contribution in [1.82, 2.24) is 0 Å². The maximum atomic E-state index is 4.04. The van der Waals surface area contributed by atoms with Crippen molar-refractivity contribution in [3.63, 3.8) is 0 Å². The third-order valence-electron chi connectivity index (χ3n) is 7.07. The fraction of sp³-hybridized carbons (Fsp3) is 0.214. The van der Waals surface area contributed by atoms with Gasteiger partial charge in [0.15, 0.2) is 0 Å². The Bertz CT molecular complexity index is 1240. The molecule has 3 atom stereocenters. The van der Waals surface area contributed by atoms with Gasteiger partial charge < -0.3 is 5.32 Å². The van der Waals surface area contributed by atoms with E-state index in [0.29, 0.717) is 17.9 Å². The van der Waals surface area contributed by atoms with Crippen LogP contribution in [-0.4, -0.2) is 0 Å². The molecule has 2 aliphatic rings. The van der Waals surface area contributed by atoms with Crippen LogP contribution in [0.2, 0.25) is 0 Å². The first-order valence-electron chi connectivity index (χ1n) is 10.7. The quantitative estimate of drug-likeness (QED) is 0.269. The van der Waals surface area contributed by atoms with E-state index in [0.717, 1.165) is 6.42 Å². The summed E-state index contributed by atoms with van der Waals surface area (Å²) < 4.78 is 0. The molecule has 4 aromatic rings. The van der Waals surface area contributed by atoms with E-state index < -0.39 is 0 Å². The van der Waals surface area contributed by atoms with E-state index in [2.05, 4.69) is 98.0 Å². The average molecular weight is 376 g/mol. The second-order valence-electron chi connectivity index (χ2n) is 8.70. The second kappa shape index (κ2) is 6.22. The Kier molecular flexibility index (Phi) is 3.61. The van der Waals surface area contributed by atoms with Crippen LogP contribution in [0.4, 0.5) is 5.69 Å². The number of aryl methyl sites for hydroxylation is 2. The summed E-state index contributed by atoms with van der Waals surface area (Å²) in [6.45, 7) is 4.50. The fourth-order valence-electron chi connectivity index (χ4n) is 5.71. The van der Waals surface area contributed by atoms with E-state index in [4.69, 9.17) is 0 Å². The summed E-state index contributed by atoms with van der Waals surface area (Å²) >= 11 is 0. The SMILES string of the molecule is Cc1ccc(C)c2c1N[C@@H](c1c3ccccc3cc3ccccc13)[C@H]1CC=C[C@@H]21. The van der Waals surface area contributed by atoms with Crippen molar-refractivity contribution in [2.75, 3.05) is 5.32 Å². The maximum absolute atomic E-state index is 4.04. The molecular weight excluding hydrogens is 350 g/mol. The summed E-state index contributed by atoms with van der Waals surface area (Å²) in [5.74, 6) is 1.05. The number of allylic oxidation sites excluding steroid dienone is 2. The maximum Gasteiger partial charge on any atom is 0.0566 e. The van der Waals surface area contributed by atoms with Crippen LogP contribution in [0, 0.1) is 19.8 Å². The standard InChI is InChI=1S/C28H25N/c1-17-14-15-18(2)27-25(17)23-12-7-13-24(23)28(29-27)26-21-10-5-3-8-19(21)16-20-9-4-6-11-22(20)26/h3-12,14-16,23-24,28-29H,13H2,1-2H3/t23-,24+,28-/m1/s1. The number of rotatable bonds is 1. The number of hydrogen-bond acceptors (Lipinski definition) is 1. The summed E-state index contributed by atoms with van der Waals surface area (Å²) in [6, 6.07) is 25.0. The van der Waals surface area contributed by atoms with Crippen LogP contribution in [0.15, 0.2) is 78.9 Å². The molecule has 0 bridgehead atoms. The summed E-state index contributed by atoms with van der Waals surface area (Å²) in [7, 11) is 0. The molecule has 1 heterocycles. The van der Waals surface area contributed by atoms with Crippen molar-refractivity contribution in [3.05, 3.63) is 101 Å². The molecule has 1 aliphatic heterocycles. The zero-order valence-corrected chi connectivity index (χ0v) is 16.9. The minimum atomic E-state index is 0.305. The Balaban J connectivity index is 1.66. The average Bonchev–Trinajstić information content (AvgIpc) is 3.24. The largest absolute Gasteiger partial charge is 0.377 e. The highest BCUT2D eigenvalue weighted by atomic mass is 15.0. The fourth-order valence-corrected chi connectivity index (χ4v) is 5.71. The predicted molar refractivity (Wildman–Crippen MR) is 124 cm³/mol. The highest BCUT2D eigenvalue weighted by molar-refractivity contribution is 6.03. The number of hydrogen-bond donors (Lipinski definition) is 1. The first-order valence-corrected chi connectivity index (χ1v) is 10.7. The molecule has 1 heteroatoms. The Morgan fingerprint density at radius 2 is 1.41 bits per heavy atom. The van der Waals surface area contributed by atoms with E-state index in [9.17, 15) is 0 Å². The Hall–Kier alpha value is -3.06. The molecular formula is C28H25N. The molecule has 0 saturated carbocycles. The molecule has 0 radical (unpaired) electrons. The number of fused-ring (bicyclic) bond motifs is 5. The second-order valence-corrected chi connectivity index (χ2v) is 8.70. The normalized spacial score (nSPS) is 22.5. The van der Waals surface area contributed by atoms with E-state index in [1.54, 1.807) is 0 Å². The molecule has 1 nitrogen and oxygen atoms in total. The zero-order chi connectivity index (χ0) is 19.5. The van der Waals surface area contributed by atoms with Crippen molar-refractivity contribution < 1.29 is 0 Å². The topological polar surface area (TPSA) is 12.0 Å². The summed E-state index contributed by atoms with van der Waals surface area (Å²) in [4.78, 5) is 0. The third-order valence-corrected chi connectivity index (χ3v) is 7.07. The molecule has 0 saturated heterocycles. The van der Waals surface area contributed by atoms with Gasteiger partial charge >= 0.3 is 0 Å². The molecule has 6 rings (SSSR count). The van der Waals surface area contributed by atoms with Crippen molar-refractivity contribution in [1.29, 1.82) is 0 Å². The van der Waals surface area contributed by atoms with Crippen LogP contribution in [-0.2, 0) is 0 Å². The minimum absolute atomic E-state index is 0.305. The molecule has 142 valence electrons. The van der Waals surface area contributed by atoms with Gasteiger partial charge in [0, 0.05) is 11.6 Å². The summed E-state index contributed by atoms with van der Waals surface area (Å²) in [5.41, 5.74) is 7.06. The molecule has 0 amide bonds. The first-order chi connectivity index (χ1) is 14.2. The Morgan fingerprint density at radius 1 is 0.759 bits per heavy atom. The van der Waals surface area contributed by atoms with Gasteiger partial charge in [0.1, 0.15) is 0 Å². The van der Waals surface area contributed by atoms with Crippen LogP contribution in [0.3, 0.4) is 0 Å². The highest BCUT2D eigenvalue weighted by Gasteiger charge is 2.40. The number of nitrogens with one attached hydrogen (secondary N) is 1. The van der Waals surface area contributed by atoms with Gasteiger partial charge in [0.25, 0.3) is 0 Å². The minimum Gasteiger partial charge on any atom is -0.377 e. The van der Waals surface area contributed by atoms with Gasteiger partial charge in [-0.3, -0.25) is 0 Å². The lowest BCUT2D eigenvalue weighted by Gasteiger charge is -2.40. The van der Waals surface area contributed by atoms with Crippen LogP contribution < -0.4 is 5.32 Å². The van der Waals surface area contributed by atoms with Gasteiger partial charge in [-0.1, -0.05) is 72.8 Å². The molecule has 0 aromatic heterocycles. The van der Waals surface area contributed by atoms with Crippen molar-refractivity contribution in [3.8, 4) is 0 Å². The number of anilines is 1. The molecule has 29 heavy (non-hydrogen) atoms. The van der Waals surface area contributed by atoms with Crippen LogP contribution in [0.25, 0.3) is 21.5 Å². The molecule has 4 aromatic carbocycles. The van der Waals surface area contributed by atoms with E-state index in [-0.39, 0.29) is 0 Å². The zero-order valence-electron chi connectivity index (χ0n) is 16.9. The van der Waals surface area contributed by atoms with Gasteiger partial charge in [0.05, 0.1) is 6.04 Å². The van der Waals surface area contributed by atoms with Gasteiger partial charge in [-0.05, 0) is 76.1 Å². The molecule has 0 unspecified atom stereocenters. The Morgan fingerprint density at radius 3 is 2.14 bits per heavy atom. The highest BCUT2D eigenvalue weighted by Crippen LogP contribution is 2.53. The third kappa shape index (κ3) is 2.40. The van der Waals surface area contributed by atoms with E-state index >= 15 is 0 Å². The molecule has 0 fully saturated rings. The van der Waals surface area contributed by atoms with Gasteiger partial charge in [0.2, 0.25) is 0 Å². The first kappa shape index (κ1) is 16.9. The lowest BCUT2D eigenvalue weighted by molar-refractivity contribution is 0.427. The van der Waals surface area contributed by atoms with Crippen molar-refractivity contribution in [2.45, 2.75) is 32.2 Å². The van der Waals surface area contributed by atoms with E-state index in [1.807, 2.05) is 0 Å². The van der Waals surface area contributed by atoms with Crippen LogP contribution in [0.1, 0.15) is 40.6 Å². The lowest BCUT2D eigenvalue weighted by Crippen LogP contribution is -2.30. The molecule has 0 spiro atoms. The van der Waals surface area contributed by atoms with Gasteiger partial charge in [-0.2, -0.15) is 0 Å². The summed E-state index contributed by atoms with van der Waals surface area (Å²) in [6.07, 6.45) is 5.98. The Labute approximate surface area is 172 Å².